The summed E-state index contributed by atoms with van der Waals surface area (Å²) in [6.45, 7) is 7.81. The van der Waals surface area contributed by atoms with Crippen molar-refractivity contribution >= 4 is 10.9 Å². The summed E-state index contributed by atoms with van der Waals surface area (Å²) in [5.41, 5.74) is 8.76. The zero-order chi connectivity index (χ0) is 13.8. The van der Waals surface area contributed by atoms with Gasteiger partial charge >= 0.3 is 0 Å². The van der Waals surface area contributed by atoms with Crippen molar-refractivity contribution in [1.29, 1.82) is 0 Å². The molecular formula is C17H26N2. The van der Waals surface area contributed by atoms with E-state index in [2.05, 4.69) is 55.8 Å². The predicted octanol–water partition coefficient (Wildman–Crippen LogP) is 3.97. The number of nitrogens with two attached hydrogens (primary N) is 1. The number of aromatic nitrogens is 1. The lowest BCUT2D eigenvalue weighted by molar-refractivity contribution is 0.477. The average molecular weight is 258 g/mol. The molecule has 1 aromatic heterocycles. The molecule has 2 unspecified atom stereocenters. The van der Waals surface area contributed by atoms with Crippen LogP contribution in [-0.4, -0.2) is 10.6 Å². The van der Waals surface area contributed by atoms with Gasteiger partial charge in [0.15, 0.2) is 0 Å². The minimum Gasteiger partial charge on any atom is -0.347 e. The lowest BCUT2D eigenvalue weighted by Gasteiger charge is -2.13. The van der Waals surface area contributed by atoms with Crippen LogP contribution >= 0.6 is 0 Å². The van der Waals surface area contributed by atoms with Crippen molar-refractivity contribution in [1.82, 2.24) is 4.57 Å². The lowest BCUT2D eigenvalue weighted by atomic mass is 10.0. The highest BCUT2D eigenvalue weighted by Gasteiger charge is 2.07. The van der Waals surface area contributed by atoms with Crippen LogP contribution in [0.25, 0.3) is 10.9 Å². The van der Waals surface area contributed by atoms with Gasteiger partial charge in [0, 0.05) is 24.3 Å². The SMILES string of the molecule is CCC(C)Cn1ccc2ccc(CC(N)CC)cc21. The van der Waals surface area contributed by atoms with Crippen LogP contribution in [0.1, 0.15) is 39.2 Å². The van der Waals surface area contributed by atoms with Gasteiger partial charge in [0.25, 0.3) is 0 Å². The normalized spacial score (nSPS) is 14.7. The monoisotopic (exact) mass is 258 g/mol. The molecule has 1 heterocycles. The summed E-state index contributed by atoms with van der Waals surface area (Å²) in [6, 6.07) is 9.23. The van der Waals surface area contributed by atoms with Gasteiger partial charge in [-0.05, 0) is 41.8 Å². The first-order valence-corrected chi connectivity index (χ1v) is 7.47. The van der Waals surface area contributed by atoms with Crippen LogP contribution in [0.5, 0.6) is 0 Å². The molecule has 0 bridgehead atoms. The molecule has 0 saturated heterocycles. The lowest BCUT2D eigenvalue weighted by Crippen LogP contribution is -2.21. The van der Waals surface area contributed by atoms with E-state index in [0.29, 0.717) is 0 Å². The van der Waals surface area contributed by atoms with Gasteiger partial charge in [0.2, 0.25) is 0 Å². The number of hydrogen-bond donors (Lipinski definition) is 1. The maximum absolute atomic E-state index is 6.06. The number of nitrogens with zero attached hydrogens (tertiary/aromatic N) is 1. The smallest absolute Gasteiger partial charge is 0.0483 e. The largest absolute Gasteiger partial charge is 0.347 e. The fourth-order valence-electron chi connectivity index (χ4n) is 2.43. The molecule has 2 nitrogen and oxygen atoms in total. The Morgan fingerprint density at radius 3 is 2.63 bits per heavy atom. The van der Waals surface area contributed by atoms with Crippen molar-refractivity contribution in [3.8, 4) is 0 Å². The van der Waals surface area contributed by atoms with Gasteiger partial charge < -0.3 is 10.3 Å². The van der Waals surface area contributed by atoms with E-state index in [0.717, 1.165) is 25.3 Å². The topological polar surface area (TPSA) is 30.9 Å². The van der Waals surface area contributed by atoms with Crippen molar-refractivity contribution in [3.63, 3.8) is 0 Å². The van der Waals surface area contributed by atoms with E-state index in [4.69, 9.17) is 5.73 Å². The highest BCUT2D eigenvalue weighted by molar-refractivity contribution is 5.80. The van der Waals surface area contributed by atoms with Crippen LogP contribution < -0.4 is 5.73 Å². The van der Waals surface area contributed by atoms with E-state index in [1.165, 1.54) is 22.9 Å². The third-order valence-corrected chi connectivity index (χ3v) is 4.07. The number of fused-ring (bicyclic) bond motifs is 1. The maximum atomic E-state index is 6.06. The minimum absolute atomic E-state index is 0.274. The van der Waals surface area contributed by atoms with Gasteiger partial charge in [-0.15, -0.1) is 0 Å². The number of hydrogen-bond acceptors (Lipinski definition) is 1. The molecule has 2 rings (SSSR count). The molecule has 104 valence electrons. The third kappa shape index (κ3) is 3.38. The molecule has 1 aromatic carbocycles. The van der Waals surface area contributed by atoms with Crippen LogP contribution in [0.3, 0.4) is 0 Å². The quantitative estimate of drug-likeness (QED) is 0.835. The Balaban J connectivity index is 2.26. The summed E-state index contributed by atoms with van der Waals surface area (Å²) in [5.74, 6) is 0.720. The summed E-state index contributed by atoms with van der Waals surface area (Å²) in [7, 11) is 0. The summed E-state index contributed by atoms with van der Waals surface area (Å²) >= 11 is 0. The van der Waals surface area contributed by atoms with E-state index < -0.39 is 0 Å². The molecule has 0 aliphatic rings. The van der Waals surface area contributed by atoms with Crippen LogP contribution in [0.2, 0.25) is 0 Å². The van der Waals surface area contributed by atoms with Crippen molar-refractivity contribution in [2.75, 3.05) is 0 Å². The molecule has 0 aliphatic carbocycles. The van der Waals surface area contributed by atoms with Gasteiger partial charge in [-0.3, -0.25) is 0 Å². The Bertz CT molecular complexity index is 527. The highest BCUT2D eigenvalue weighted by Crippen LogP contribution is 2.20. The van der Waals surface area contributed by atoms with Crippen molar-refractivity contribution in [2.45, 2.75) is 52.6 Å². The number of rotatable bonds is 6. The Morgan fingerprint density at radius 2 is 1.95 bits per heavy atom. The molecule has 0 radical (unpaired) electrons. The fourth-order valence-corrected chi connectivity index (χ4v) is 2.43. The van der Waals surface area contributed by atoms with E-state index >= 15 is 0 Å². The van der Waals surface area contributed by atoms with Crippen molar-refractivity contribution in [3.05, 3.63) is 36.0 Å². The van der Waals surface area contributed by atoms with E-state index in [-0.39, 0.29) is 6.04 Å². The van der Waals surface area contributed by atoms with Gasteiger partial charge in [-0.1, -0.05) is 39.3 Å². The average Bonchev–Trinajstić information content (AvgIpc) is 2.81. The minimum atomic E-state index is 0.274. The summed E-state index contributed by atoms with van der Waals surface area (Å²) < 4.78 is 2.38. The molecule has 0 fully saturated rings. The summed E-state index contributed by atoms with van der Waals surface area (Å²) in [4.78, 5) is 0. The second-order valence-corrected chi connectivity index (χ2v) is 5.75. The zero-order valence-electron chi connectivity index (χ0n) is 12.4. The molecule has 0 amide bonds. The predicted molar refractivity (Wildman–Crippen MR) is 83.4 cm³/mol. The summed E-state index contributed by atoms with van der Waals surface area (Å²) in [6.07, 6.45) is 5.44. The van der Waals surface area contributed by atoms with E-state index in [1.54, 1.807) is 0 Å². The van der Waals surface area contributed by atoms with Gasteiger partial charge in [0.05, 0.1) is 0 Å². The third-order valence-electron chi connectivity index (χ3n) is 4.07. The van der Waals surface area contributed by atoms with Crippen LogP contribution in [0.15, 0.2) is 30.5 Å². The van der Waals surface area contributed by atoms with Crippen LogP contribution in [-0.2, 0) is 13.0 Å². The Morgan fingerprint density at radius 1 is 1.16 bits per heavy atom. The first-order valence-electron chi connectivity index (χ1n) is 7.47. The second kappa shape index (κ2) is 6.25. The van der Waals surface area contributed by atoms with Gasteiger partial charge in [-0.25, -0.2) is 0 Å². The molecule has 19 heavy (non-hydrogen) atoms. The van der Waals surface area contributed by atoms with Crippen LogP contribution in [0, 0.1) is 5.92 Å². The van der Waals surface area contributed by atoms with E-state index in [9.17, 15) is 0 Å². The molecular weight excluding hydrogens is 232 g/mol. The second-order valence-electron chi connectivity index (χ2n) is 5.75. The molecule has 0 saturated carbocycles. The van der Waals surface area contributed by atoms with Crippen molar-refractivity contribution < 1.29 is 0 Å². The molecule has 2 atom stereocenters. The molecule has 2 heteroatoms. The number of benzene rings is 1. The Kier molecular flexibility index (Phi) is 4.65. The van der Waals surface area contributed by atoms with Crippen molar-refractivity contribution in [2.24, 2.45) is 11.7 Å². The highest BCUT2D eigenvalue weighted by atomic mass is 15.0. The van der Waals surface area contributed by atoms with Gasteiger partial charge in [-0.2, -0.15) is 0 Å². The Hall–Kier alpha value is -1.28. The molecule has 0 aliphatic heterocycles. The Labute approximate surface area is 116 Å². The first kappa shape index (κ1) is 14.1. The van der Waals surface area contributed by atoms with Gasteiger partial charge in [0.1, 0.15) is 0 Å². The standard InChI is InChI=1S/C17H26N2/c1-4-13(3)12-19-9-8-15-7-6-14(11-17(15)19)10-16(18)5-2/h6-9,11,13,16H,4-5,10,12,18H2,1-3H3. The van der Waals surface area contributed by atoms with Crippen LogP contribution in [0.4, 0.5) is 0 Å². The first-order chi connectivity index (χ1) is 9.13. The molecule has 0 spiro atoms. The molecule has 2 N–H and O–H groups in total. The van der Waals surface area contributed by atoms with E-state index in [1.807, 2.05) is 0 Å². The maximum Gasteiger partial charge on any atom is 0.0483 e. The fraction of sp³-hybridized carbons (Fsp3) is 0.529. The zero-order valence-corrected chi connectivity index (χ0v) is 12.4. The molecule has 2 aromatic rings. The summed E-state index contributed by atoms with van der Waals surface area (Å²) in [5, 5.41) is 1.33.